The van der Waals surface area contributed by atoms with E-state index in [4.69, 9.17) is 9.47 Å². The summed E-state index contributed by atoms with van der Waals surface area (Å²) in [5, 5.41) is 45.3. The van der Waals surface area contributed by atoms with Crippen molar-refractivity contribution in [3.63, 3.8) is 0 Å². The number of amides is 1. The third-order valence-corrected chi connectivity index (χ3v) is 17.0. The molecule has 0 spiro atoms. The molecule has 1 aliphatic rings. The number of unbranched alkanes of at least 4 members (excludes halogenated alkanes) is 45. The summed E-state index contributed by atoms with van der Waals surface area (Å²) in [4.78, 5) is 13.2. The Hall–Kier alpha value is -1.42. The Morgan fingerprint density at radius 1 is 0.500 bits per heavy atom. The van der Waals surface area contributed by atoms with Gasteiger partial charge in [0.05, 0.1) is 25.4 Å². The lowest BCUT2D eigenvalue weighted by atomic mass is 9.99. The summed E-state index contributed by atoms with van der Waals surface area (Å²) in [6, 6.07) is -0.858. The maximum Gasteiger partial charge on any atom is 0.397 e. The highest BCUT2D eigenvalue weighted by atomic mass is 32.3. The van der Waals surface area contributed by atoms with Crippen molar-refractivity contribution in [2.75, 3.05) is 13.2 Å². The minimum atomic E-state index is -5.08. The fourth-order valence-electron chi connectivity index (χ4n) is 11.3. The van der Waals surface area contributed by atoms with E-state index in [0.29, 0.717) is 12.8 Å². The molecule has 1 heterocycles. The molecule has 0 aromatic heterocycles. The van der Waals surface area contributed by atoms with Crippen molar-refractivity contribution >= 4 is 16.3 Å². The summed E-state index contributed by atoms with van der Waals surface area (Å²) in [5.74, 6) is -0.224. The fourth-order valence-corrected chi connectivity index (χ4v) is 11.8. The summed E-state index contributed by atoms with van der Waals surface area (Å²) >= 11 is 0. The Balaban J connectivity index is 2.24. The lowest BCUT2D eigenvalue weighted by molar-refractivity contribution is -0.298. The van der Waals surface area contributed by atoms with E-state index >= 15 is 0 Å². The first kappa shape index (κ1) is 76.6. The first-order valence-electron chi connectivity index (χ1n) is 34.2. The summed E-state index contributed by atoms with van der Waals surface area (Å²) in [7, 11) is -5.08. The van der Waals surface area contributed by atoms with E-state index < -0.39 is 59.9 Å². The van der Waals surface area contributed by atoms with Crippen molar-refractivity contribution in [3.05, 3.63) is 24.3 Å². The van der Waals surface area contributed by atoms with Crippen molar-refractivity contribution in [2.45, 2.75) is 384 Å². The van der Waals surface area contributed by atoms with Crippen molar-refractivity contribution in [1.29, 1.82) is 0 Å². The molecule has 0 aromatic rings. The zero-order valence-corrected chi connectivity index (χ0v) is 52.7. The molecule has 7 atom stereocenters. The molecule has 80 heavy (non-hydrogen) atoms. The minimum absolute atomic E-state index is 0.224. The third kappa shape index (κ3) is 47.9. The Bertz CT molecular complexity index is 1500. The maximum absolute atomic E-state index is 13.2. The highest BCUT2D eigenvalue weighted by Crippen LogP contribution is 2.27. The lowest BCUT2D eigenvalue weighted by Crippen LogP contribution is -2.61. The van der Waals surface area contributed by atoms with Crippen molar-refractivity contribution < 1.29 is 51.8 Å². The molecule has 474 valence electrons. The monoisotopic (exact) mass is 1160 g/mol. The van der Waals surface area contributed by atoms with Crippen LogP contribution in [0.25, 0.3) is 0 Å². The van der Waals surface area contributed by atoms with Crippen LogP contribution in [0.4, 0.5) is 0 Å². The van der Waals surface area contributed by atoms with Gasteiger partial charge in [0.15, 0.2) is 6.29 Å². The summed E-state index contributed by atoms with van der Waals surface area (Å²) in [6.45, 7) is 3.51. The third-order valence-electron chi connectivity index (χ3n) is 16.5. The molecule has 0 radical (unpaired) electrons. The topological polar surface area (TPSA) is 192 Å². The van der Waals surface area contributed by atoms with Gasteiger partial charge in [-0.3, -0.25) is 9.35 Å². The first-order valence-corrected chi connectivity index (χ1v) is 35.6. The SMILES string of the molecule is CCCCCCCCCCC/C=C\C/C=C\CCCCCCCCCCCCCCCCCC(=O)NC(COC1OC(CO)C(O)C(OS(=O)(=O)O)C1O)C(O)CCCCCCCCCCCCCCCCCCCCCCCC. The molecule has 1 rings (SSSR count). The van der Waals surface area contributed by atoms with Crippen LogP contribution in [0.2, 0.25) is 0 Å². The van der Waals surface area contributed by atoms with Gasteiger partial charge >= 0.3 is 10.4 Å². The smallest absolute Gasteiger partial charge is 0.394 e. The summed E-state index contributed by atoms with van der Waals surface area (Å²) < 4.78 is 48.1. The van der Waals surface area contributed by atoms with Crippen LogP contribution in [0.5, 0.6) is 0 Å². The van der Waals surface area contributed by atoms with Gasteiger partial charge in [0, 0.05) is 6.42 Å². The molecule has 0 bridgehead atoms. The van der Waals surface area contributed by atoms with Gasteiger partial charge in [-0.25, -0.2) is 4.18 Å². The van der Waals surface area contributed by atoms with Gasteiger partial charge in [0.2, 0.25) is 5.91 Å². The number of nitrogens with one attached hydrogen (secondary N) is 1. The Morgan fingerprint density at radius 3 is 1.19 bits per heavy atom. The normalized spacial score (nSPS) is 18.7. The van der Waals surface area contributed by atoms with Gasteiger partial charge in [-0.1, -0.05) is 314 Å². The number of ether oxygens (including phenoxy) is 2. The predicted molar refractivity (Wildman–Crippen MR) is 333 cm³/mol. The van der Waals surface area contributed by atoms with E-state index in [1.807, 2.05) is 0 Å². The number of allylic oxidation sites excluding steroid dienone is 4. The quantitative estimate of drug-likeness (QED) is 0.0193. The van der Waals surface area contributed by atoms with Gasteiger partial charge in [0.1, 0.15) is 24.4 Å². The molecule has 0 saturated carbocycles. The summed E-state index contributed by atoms with van der Waals surface area (Å²) in [6.07, 6.45) is 63.5. The second-order valence-electron chi connectivity index (χ2n) is 24.1. The molecular formula is C67H129NO11S. The average molecular weight is 1160 g/mol. The number of aliphatic hydroxyl groups excluding tert-OH is 4. The molecular weight excluding hydrogens is 1030 g/mol. The second kappa shape index (κ2) is 56.7. The second-order valence-corrected chi connectivity index (χ2v) is 25.2. The molecule has 1 saturated heterocycles. The molecule has 1 aliphatic heterocycles. The number of carbonyl (C=O) groups is 1. The van der Waals surface area contributed by atoms with Crippen LogP contribution in [-0.4, -0.2) is 95.4 Å². The molecule has 12 nitrogen and oxygen atoms in total. The maximum atomic E-state index is 13.2. The largest absolute Gasteiger partial charge is 0.397 e. The zero-order valence-electron chi connectivity index (χ0n) is 51.9. The number of rotatable bonds is 61. The van der Waals surface area contributed by atoms with Crippen LogP contribution in [0.1, 0.15) is 341 Å². The number of carbonyl (C=O) groups excluding carboxylic acids is 1. The fraction of sp³-hybridized carbons (Fsp3) is 0.925. The van der Waals surface area contributed by atoms with Gasteiger partial charge in [-0.05, 0) is 44.9 Å². The van der Waals surface area contributed by atoms with Crippen molar-refractivity contribution in [1.82, 2.24) is 5.32 Å². The van der Waals surface area contributed by atoms with Crippen molar-refractivity contribution in [2.24, 2.45) is 0 Å². The standard InChI is InChI=1S/C67H129NO11S/c1-3-5-7-9-11-13-15-17-19-21-23-25-27-28-29-30-31-32-33-34-35-37-39-41-43-45-47-49-51-53-55-57-63(71)68-60(59-77-67-65(73)66(79-80(74,75)76)64(72)62(58-69)78-67)61(70)56-54-52-50-48-46-44-42-40-38-36-26-24-22-20-18-16-14-12-10-8-6-4-2/h23,25,28-29,60-62,64-67,69-70,72-73H,3-22,24,26-27,30-59H2,1-2H3,(H,68,71)(H,74,75,76)/b25-23-,29-28-. The van der Waals surface area contributed by atoms with E-state index in [1.54, 1.807) is 0 Å². The Labute approximate surface area is 493 Å². The van der Waals surface area contributed by atoms with Crippen LogP contribution in [0, 0.1) is 0 Å². The van der Waals surface area contributed by atoms with E-state index in [1.165, 1.54) is 257 Å². The number of hydrogen-bond acceptors (Lipinski definition) is 10. The lowest BCUT2D eigenvalue weighted by Gasteiger charge is -2.41. The molecule has 6 N–H and O–H groups in total. The highest BCUT2D eigenvalue weighted by Gasteiger charge is 2.48. The molecule has 13 heteroatoms. The molecule has 0 aliphatic carbocycles. The highest BCUT2D eigenvalue weighted by molar-refractivity contribution is 7.80. The molecule has 7 unspecified atom stereocenters. The number of aliphatic hydroxyl groups is 4. The molecule has 1 fully saturated rings. The predicted octanol–water partition coefficient (Wildman–Crippen LogP) is 17.5. The van der Waals surface area contributed by atoms with Gasteiger partial charge in [-0.15, -0.1) is 0 Å². The van der Waals surface area contributed by atoms with Crippen molar-refractivity contribution in [3.8, 4) is 0 Å². The van der Waals surface area contributed by atoms with Crippen LogP contribution < -0.4 is 5.32 Å². The zero-order chi connectivity index (χ0) is 58.3. The van der Waals surface area contributed by atoms with Crippen LogP contribution >= 0.6 is 0 Å². The van der Waals surface area contributed by atoms with Crippen LogP contribution in [0.15, 0.2) is 24.3 Å². The van der Waals surface area contributed by atoms with E-state index in [9.17, 15) is 38.2 Å². The van der Waals surface area contributed by atoms with E-state index in [2.05, 4.69) is 47.7 Å². The van der Waals surface area contributed by atoms with E-state index in [-0.39, 0.29) is 12.5 Å². The molecule has 0 aromatic carbocycles. The van der Waals surface area contributed by atoms with Gasteiger partial charge in [-0.2, -0.15) is 8.42 Å². The van der Waals surface area contributed by atoms with E-state index in [0.717, 1.165) is 57.8 Å². The van der Waals surface area contributed by atoms with Gasteiger partial charge < -0.3 is 35.2 Å². The number of hydrogen-bond donors (Lipinski definition) is 6. The Kier molecular flexibility index (Phi) is 54.3. The van der Waals surface area contributed by atoms with Crippen LogP contribution in [0.3, 0.4) is 0 Å². The first-order chi connectivity index (χ1) is 39.0. The Morgan fingerprint density at radius 2 is 0.838 bits per heavy atom. The summed E-state index contributed by atoms with van der Waals surface area (Å²) in [5.41, 5.74) is 0. The minimum Gasteiger partial charge on any atom is -0.394 e. The average Bonchev–Trinajstić information content (AvgIpc) is 3.43. The van der Waals surface area contributed by atoms with Gasteiger partial charge in [0.25, 0.3) is 0 Å². The van der Waals surface area contributed by atoms with Crippen LogP contribution in [-0.2, 0) is 28.9 Å². The molecule has 1 amide bonds.